The van der Waals surface area contributed by atoms with Crippen LogP contribution in [0.4, 0.5) is 0 Å². The predicted molar refractivity (Wildman–Crippen MR) is 65.6 cm³/mol. The second-order valence-corrected chi connectivity index (χ2v) is 4.54. The predicted octanol–water partition coefficient (Wildman–Crippen LogP) is 2.95. The van der Waals surface area contributed by atoms with E-state index in [4.69, 9.17) is 4.74 Å². The van der Waals surface area contributed by atoms with Crippen LogP contribution < -0.4 is 4.74 Å². The summed E-state index contributed by atoms with van der Waals surface area (Å²) in [5.74, 6) is 0.535. The second-order valence-electron chi connectivity index (χ2n) is 3.68. The fourth-order valence-electron chi connectivity index (χ4n) is 1.24. The molecule has 0 spiro atoms. The van der Waals surface area contributed by atoms with Crippen LogP contribution in [0.25, 0.3) is 0 Å². The van der Waals surface area contributed by atoms with Gasteiger partial charge in [0, 0.05) is 0 Å². The lowest BCUT2D eigenvalue weighted by atomic mass is 10.1. The van der Waals surface area contributed by atoms with Crippen LogP contribution in [-0.4, -0.2) is 19.2 Å². The van der Waals surface area contributed by atoms with Crippen molar-refractivity contribution in [2.45, 2.75) is 26.4 Å². The summed E-state index contributed by atoms with van der Waals surface area (Å²) in [7, 11) is 1.38. The van der Waals surface area contributed by atoms with Crippen molar-refractivity contribution >= 4 is 21.9 Å². The van der Waals surface area contributed by atoms with Crippen LogP contribution in [0, 0.1) is 0 Å². The molecule has 16 heavy (non-hydrogen) atoms. The molecule has 1 rings (SSSR count). The number of benzene rings is 1. The Bertz CT molecular complexity index is 375. The standard InChI is InChI=1S/C12H15BrO3/c1-8(2)16-11-5-4-9(6-10(11)13)7-12(14)15-3/h4-6,8H,7H2,1-3H3. The van der Waals surface area contributed by atoms with Crippen LogP contribution in [0.15, 0.2) is 22.7 Å². The van der Waals surface area contributed by atoms with Crippen molar-refractivity contribution in [3.63, 3.8) is 0 Å². The first-order valence-electron chi connectivity index (χ1n) is 5.05. The number of ether oxygens (including phenoxy) is 2. The zero-order valence-corrected chi connectivity index (χ0v) is 11.2. The number of carbonyl (C=O) groups is 1. The molecule has 0 bridgehead atoms. The zero-order chi connectivity index (χ0) is 12.1. The Hall–Kier alpha value is -1.03. The van der Waals surface area contributed by atoms with E-state index in [2.05, 4.69) is 20.7 Å². The maximum atomic E-state index is 11.1. The molecule has 0 aliphatic rings. The van der Waals surface area contributed by atoms with E-state index in [0.717, 1.165) is 15.8 Å². The van der Waals surface area contributed by atoms with Crippen LogP contribution in [0.3, 0.4) is 0 Å². The van der Waals surface area contributed by atoms with Gasteiger partial charge in [-0.3, -0.25) is 4.79 Å². The monoisotopic (exact) mass is 286 g/mol. The van der Waals surface area contributed by atoms with Crippen molar-refractivity contribution in [2.24, 2.45) is 0 Å². The van der Waals surface area contributed by atoms with Crippen LogP contribution >= 0.6 is 15.9 Å². The zero-order valence-electron chi connectivity index (χ0n) is 9.62. The molecule has 1 aromatic rings. The first-order chi connectivity index (χ1) is 7.52. The van der Waals surface area contributed by atoms with E-state index in [9.17, 15) is 4.79 Å². The summed E-state index contributed by atoms with van der Waals surface area (Å²) in [5, 5.41) is 0. The molecule has 0 fully saturated rings. The molecule has 0 aromatic heterocycles. The van der Waals surface area contributed by atoms with Crippen molar-refractivity contribution < 1.29 is 14.3 Å². The van der Waals surface area contributed by atoms with Crippen molar-refractivity contribution in [1.29, 1.82) is 0 Å². The maximum Gasteiger partial charge on any atom is 0.309 e. The van der Waals surface area contributed by atoms with E-state index in [1.165, 1.54) is 7.11 Å². The topological polar surface area (TPSA) is 35.5 Å². The number of hydrogen-bond acceptors (Lipinski definition) is 3. The Morgan fingerprint density at radius 3 is 2.62 bits per heavy atom. The van der Waals surface area contributed by atoms with Gasteiger partial charge in [-0.25, -0.2) is 0 Å². The highest BCUT2D eigenvalue weighted by Crippen LogP contribution is 2.27. The fourth-order valence-corrected chi connectivity index (χ4v) is 1.76. The van der Waals surface area contributed by atoms with Gasteiger partial charge in [0.25, 0.3) is 0 Å². The highest BCUT2D eigenvalue weighted by atomic mass is 79.9. The van der Waals surface area contributed by atoms with Gasteiger partial charge in [-0.2, -0.15) is 0 Å². The number of carbonyl (C=O) groups excluding carboxylic acids is 1. The van der Waals surface area contributed by atoms with Crippen molar-refractivity contribution in [2.75, 3.05) is 7.11 Å². The van der Waals surface area contributed by atoms with Gasteiger partial charge < -0.3 is 9.47 Å². The summed E-state index contributed by atoms with van der Waals surface area (Å²) >= 11 is 3.41. The highest BCUT2D eigenvalue weighted by Gasteiger charge is 2.07. The van der Waals surface area contributed by atoms with Gasteiger partial charge in [0.15, 0.2) is 0 Å². The molecule has 0 radical (unpaired) electrons. The first kappa shape index (κ1) is 13.0. The molecular weight excluding hydrogens is 272 g/mol. The highest BCUT2D eigenvalue weighted by molar-refractivity contribution is 9.10. The van der Waals surface area contributed by atoms with Crippen LogP contribution in [0.1, 0.15) is 19.4 Å². The molecular formula is C12H15BrO3. The molecule has 0 aliphatic carbocycles. The lowest BCUT2D eigenvalue weighted by Crippen LogP contribution is -2.07. The van der Waals surface area contributed by atoms with Crippen LogP contribution in [0.2, 0.25) is 0 Å². The summed E-state index contributed by atoms with van der Waals surface area (Å²) in [6, 6.07) is 5.58. The number of halogens is 1. The largest absolute Gasteiger partial charge is 0.490 e. The lowest BCUT2D eigenvalue weighted by molar-refractivity contribution is -0.139. The van der Waals surface area contributed by atoms with E-state index < -0.39 is 0 Å². The van der Waals surface area contributed by atoms with Gasteiger partial charge in [-0.15, -0.1) is 0 Å². The first-order valence-corrected chi connectivity index (χ1v) is 5.84. The van der Waals surface area contributed by atoms with Crippen molar-refractivity contribution in [3.8, 4) is 5.75 Å². The lowest BCUT2D eigenvalue weighted by Gasteiger charge is -2.12. The Balaban J connectivity index is 2.78. The molecule has 0 unspecified atom stereocenters. The summed E-state index contributed by atoms with van der Waals surface area (Å²) in [4.78, 5) is 11.1. The third kappa shape index (κ3) is 3.85. The summed E-state index contributed by atoms with van der Waals surface area (Å²) in [6.45, 7) is 3.93. The quantitative estimate of drug-likeness (QED) is 0.799. The van der Waals surface area contributed by atoms with Gasteiger partial charge >= 0.3 is 5.97 Å². The minimum Gasteiger partial charge on any atom is -0.490 e. The molecule has 0 atom stereocenters. The minimum atomic E-state index is -0.246. The summed E-state index contributed by atoms with van der Waals surface area (Å²) in [5.41, 5.74) is 0.898. The van der Waals surface area contributed by atoms with E-state index in [0.29, 0.717) is 0 Å². The Morgan fingerprint density at radius 1 is 1.44 bits per heavy atom. The average molecular weight is 287 g/mol. The van der Waals surface area contributed by atoms with Gasteiger partial charge in [0.1, 0.15) is 5.75 Å². The van der Waals surface area contributed by atoms with E-state index in [1.807, 2.05) is 32.0 Å². The third-order valence-electron chi connectivity index (χ3n) is 1.94. The molecule has 4 heteroatoms. The van der Waals surface area contributed by atoms with Crippen LogP contribution in [-0.2, 0) is 16.0 Å². The number of esters is 1. The van der Waals surface area contributed by atoms with E-state index >= 15 is 0 Å². The Morgan fingerprint density at radius 2 is 2.12 bits per heavy atom. The third-order valence-corrected chi connectivity index (χ3v) is 2.55. The number of rotatable bonds is 4. The van der Waals surface area contributed by atoms with Gasteiger partial charge in [0.05, 0.1) is 24.1 Å². The smallest absolute Gasteiger partial charge is 0.309 e. The SMILES string of the molecule is COC(=O)Cc1ccc(OC(C)C)c(Br)c1. The van der Waals surface area contributed by atoms with Gasteiger partial charge in [0.2, 0.25) is 0 Å². The van der Waals surface area contributed by atoms with Crippen molar-refractivity contribution in [3.05, 3.63) is 28.2 Å². The average Bonchev–Trinajstić information content (AvgIpc) is 2.21. The molecule has 0 heterocycles. The minimum absolute atomic E-state index is 0.128. The molecule has 0 amide bonds. The van der Waals surface area contributed by atoms with Crippen molar-refractivity contribution in [1.82, 2.24) is 0 Å². The van der Waals surface area contributed by atoms with Crippen LogP contribution in [0.5, 0.6) is 5.75 Å². The van der Waals surface area contributed by atoms with E-state index in [1.54, 1.807) is 0 Å². The number of methoxy groups -OCH3 is 1. The molecule has 88 valence electrons. The Kier molecular flexibility index (Phi) is 4.80. The molecule has 3 nitrogen and oxygen atoms in total. The molecule has 0 saturated heterocycles. The molecule has 0 aliphatic heterocycles. The van der Waals surface area contributed by atoms with Gasteiger partial charge in [-0.1, -0.05) is 6.07 Å². The number of hydrogen-bond donors (Lipinski definition) is 0. The maximum absolute atomic E-state index is 11.1. The fraction of sp³-hybridized carbons (Fsp3) is 0.417. The van der Waals surface area contributed by atoms with E-state index in [-0.39, 0.29) is 18.5 Å². The normalized spacial score (nSPS) is 10.3. The molecule has 0 N–H and O–H groups in total. The second kappa shape index (κ2) is 5.89. The van der Waals surface area contributed by atoms with Gasteiger partial charge in [-0.05, 0) is 47.5 Å². The summed E-state index contributed by atoms with van der Waals surface area (Å²) in [6.07, 6.45) is 0.402. The Labute approximate surface area is 104 Å². The molecule has 1 aromatic carbocycles. The summed E-state index contributed by atoms with van der Waals surface area (Å²) < 4.78 is 11.0. The molecule has 0 saturated carbocycles.